The number of hydrogen-bond acceptors (Lipinski definition) is 4. The molecule has 98 valence electrons. The Hall–Kier alpha value is -1.14. The molecule has 1 aromatic rings. The van der Waals surface area contributed by atoms with Crippen LogP contribution in [0.1, 0.15) is 19.3 Å². The average molecular weight is 313 g/mol. The predicted octanol–water partition coefficient (Wildman–Crippen LogP) is 1.85. The largest absolute Gasteiger partial charge is 0.382 e. The number of halogens is 1. The monoisotopic (exact) mass is 312 g/mol. The van der Waals surface area contributed by atoms with Gasteiger partial charge in [-0.15, -0.1) is 0 Å². The first-order valence-electron chi connectivity index (χ1n) is 6.01. The van der Waals surface area contributed by atoms with Crippen molar-refractivity contribution in [3.05, 3.63) is 16.7 Å². The van der Waals surface area contributed by atoms with Gasteiger partial charge in [-0.25, -0.2) is 4.98 Å². The highest BCUT2D eigenvalue weighted by atomic mass is 79.9. The molecule has 1 fully saturated rings. The molecule has 1 amide bonds. The van der Waals surface area contributed by atoms with Gasteiger partial charge in [0.2, 0.25) is 5.91 Å². The maximum absolute atomic E-state index is 12.2. The molecule has 1 atom stereocenters. The Morgan fingerprint density at radius 1 is 1.56 bits per heavy atom. The number of carbonyl (C=O) groups excluding carboxylic acids is 1. The van der Waals surface area contributed by atoms with E-state index in [-0.39, 0.29) is 11.9 Å². The lowest BCUT2D eigenvalue weighted by Gasteiger charge is -2.31. The number of nitrogens with one attached hydrogen (secondary N) is 1. The maximum Gasteiger partial charge on any atom is 0.241 e. The van der Waals surface area contributed by atoms with Crippen molar-refractivity contribution in [3.8, 4) is 0 Å². The number of nitrogens with two attached hydrogens (primary N) is 1. The van der Waals surface area contributed by atoms with Crippen LogP contribution in [0.25, 0.3) is 0 Å². The van der Waals surface area contributed by atoms with Gasteiger partial charge >= 0.3 is 0 Å². The van der Waals surface area contributed by atoms with E-state index in [1.165, 1.54) is 0 Å². The topological polar surface area (TPSA) is 71.2 Å². The van der Waals surface area contributed by atoms with E-state index in [2.05, 4.69) is 31.1 Å². The molecule has 2 heterocycles. The van der Waals surface area contributed by atoms with E-state index in [1.807, 2.05) is 7.05 Å². The van der Waals surface area contributed by atoms with E-state index < -0.39 is 0 Å². The van der Waals surface area contributed by atoms with Gasteiger partial charge in [0, 0.05) is 0 Å². The van der Waals surface area contributed by atoms with Crippen molar-refractivity contribution < 1.29 is 4.79 Å². The summed E-state index contributed by atoms with van der Waals surface area (Å²) in [6, 6.07) is 3.45. The van der Waals surface area contributed by atoms with Gasteiger partial charge in [0.05, 0.1) is 11.7 Å². The lowest BCUT2D eigenvalue weighted by atomic mass is 10.0. The minimum Gasteiger partial charge on any atom is -0.382 e. The molecule has 0 bridgehead atoms. The Labute approximate surface area is 115 Å². The van der Waals surface area contributed by atoms with Crippen molar-refractivity contribution >= 4 is 33.3 Å². The summed E-state index contributed by atoms with van der Waals surface area (Å²) in [7, 11) is 1.98. The van der Waals surface area contributed by atoms with Gasteiger partial charge in [-0.1, -0.05) is 6.42 Å². The highest BCUT2D eigenvalue weighted by molar-refractivity contribution is 9.10. The van der Waals surface area contributed by atoms with Crippen molar-refractivity contribution in [2.45, 2.75) is 25.3 Å². The maximum atomic E-state index is 12.2. The van der Waals surface area contributed by atoms with E-state index in [0.29, 0.717) is 16.1 Å². The first-order chi connectivity index (χ1) is 8.58. The number of likely N-dealkylation sites (tertiary alicyclic amines) is 1. The molecule has 0 radical (unpaired) electrons. The van der Waals surface area contributed by atoms with Crippen LogP contribution < -0.4 is 11.1 Å². The predicted molar refractivity (Wildman–Crippen MR) is 75.2 cm³/mol. The third-order valence-electron chi connectivity index (χ3n) is 3.22. The van der Waals surface area contributed by atoms with Crippen LogP contribution in [0.5, 0.6) is 0 Å². The molecule has 1 saturated heterocycles. The van der Waals surface area contributed by atoms with E-state index >= 15 is 0 Å². The average Bonchev–Trinajstić information content (AvgIpc) is 2.33. The highest BCUT2D eigenvalue weighted by Crippen LogP contribution is 2.21. The van der Waals surface area contributed by atoms with Crippen LogP contribution >= 0.6 is 15.9 Å². The van der Waals surface area contributed by atoms with Crippen molar-refractivity contribution in [1.29, 1.82) is 0 Å². The molecule has 1 aromatic heterocycles. The summed E-state index contributed by atoms with van der Waals surface area (Å²) in [5, 5.41) is 2.85. The molecular formula is C12H17BrN4O. The number of anilines is 2. The van der Waals surface area contributed by atoms with Crippen molar-refractivity contribution in [3.63, 3.8) is 0 Å². The SMILES string of the molecule is CN1CCCCC1C(=O)Nc1ccc(Br)nc1N. The van der Waals surface area contributed by atoms with Gasteiger partial charge in [0.1, 0.15) is 10.4 Å². The number of nitrogen functional groups attached to an aromatic ring is 1. The molecule has 0 aromatic carbocycles. The Morgan fingerprint density at radius 3 is 3.00 bits per heavy atom. The van der Waals surface area contributed by atoms with Crippen LogP contribution in [-0.4, -0.2) is 35.4 Å². The molecule has 0 spiro atoms. The molecule has 6 heteroatoms. The molecule has 18 heavy (non-hydrogen) atoms. The molecule has 1 aliphatic heterocycles. The Morgan fingerprint density at radius 2 is 2.33 bits per heavy atom. The van der Waals surface area contributed by atoms with Crippen LogP contribution in [0.4, 0.5) is 11.5 Å². The number of pyridine rings is 1. The van der Waals surface area contributed by atoms with Crippen LogP contribution in [0.3, 0.4) is 0 Å². The Kier molecular flexibility index (Phi) is 4.19. The molecule has 5 nitrogen and oxygen atoms in total. The zero-order valence-corrected chi connectivity index (χ0v) is 11.9. The number of amides is 1. The fraction of sp³-hybridized carbons (Fsp3) is 0.500. The standard InChI is InChI=1S/C12H17BrN4O/c1-17-7-3-2-4-9(17)12(18)15-8-5-6-10(13)16-11(8)14/h5-6,9H,2-4,7H2,1H3,(H2,14,16)(H,15,18). The first kappa shape index (κ1) is 13.3. The van der Waals surface area contributed by atoms with E-state index in [4.69, 9.17) is 5.73 Å². The number of carbonyl (C=O) groups is 1. The molecule has 1 aliphatic rings. The fourth-order valence-electron chi connectivity index (χ4n) is 2.18. The van der Waals surface area contributed by atoms with Crippen molar-refractivity contribution in [2.24, 2.45) is 0 Å². The van der Waals surface area contributed by atoms with Crippen LogP contribution in [0.15, 0.2) is 16.7 Å². The molecule has 2 rings (SSSR count). The first-order valence-corrected chi connectivity index (χ1v) is 6.80. The minimum atomic E-state index is -0.0678. The fourth-order valence-corrected chi connectivity index (χ4v) is 2.50. The molecule has 0 aliphatic carbocycles. The van der Waals surface area contributed by atoms with Crippen LogP contribution in [0, 0.1) is 0 Å². The summed E-state index contributed by atoms with van der Waals surface area (Å²) < 4.78 is 0.660. The quantitative estimate of drug-likeness (QED) is 0.818. The third kappa shape index (κ3) is 3.00. The number of likely N-dealkylation sites (N-methyl/N-ethyl adjacent to an activating group) is 1. The molecule has 3 N–H and O–H groups in total. The van der Waals surface area contributed by atoms with Crippen molar-refractivity contribution in [1.82, 2.24) is 9.88 Å². The van der Waals surface area contributed by atoms with E-state index in [0.717, 1.165) is 25.8 Å². The minimum absolute atomic E-state index is 0.00646. The second-order valence-corrected chi connectivity index (χ2v) is 5.36. The van der Waals surface area contributed by atoms with Crippen molar-refractivity contribution in [2.75, 3.05) is 24.6 Å². The summed E-state index contributed by atoms with van der Waals surface area (Å²) in [4.78, 5) is 18.3. The summed E-state index contributed by atoms with van der Waals surface area (Å²) >= 11 is 3.24. The number of nitrogens with zero attached hydrogens (tertiary/aromatic N) is 2. The van der Waals surface area contributed by atoms with Gasteiger partial charge < -0.3 is 11.1 Å². The second-order valence-electron chi connectivity index (χ2n) is 4.55. The second kappa shape index (κ2) is 5.67. The number of rotatable bonds is 2. The van der Waals surface area contributed by atoms with Gasteiger partial charge in [-0.2, -0.15) is 0 Å². The Balaban J connectivity index is 2.06. The summed E-state index contributed by atoms with van der Waals surface area (Å²) in [6.07, 6.45) is 3.14. The van der Waals surface area contributed by atoms with Gasteiger partial charge in [0.15, 0.2) is 0 Å². The number of hydrogen-bond donors (Lipinski definition) is 2. The van der Waals surface area contributed by atoms with E-state index in [9.17, 15) is 4.79 Å². The third-order valence-corrected chi connectivity index (χ3v) is 3.66. The highest BCUT2D eigenvalue weighted by Gasteiger charge is 2.26. The summed E-state index contributed by atoms with van der Waals surface area (Å²) in [6.45, 7) is 0.964. The van der Waals surface area contributed by atoms with E-state index in [1.54, 1.807) is 12.1 Å². The van der Waals surface area contributed by atoms with Crippen LogP contribution in [0.2, 0.25) is 0 Å². The summed E-state index contributed by atoms with van der Waals surface area (Å²) in [5.74, 6) is 0.323. The zero-order chi connectivity index (χ0) is 13.1. The summed E-state index contributed by atoms with van der Waals surface area (Å²) in [5.41, 5.74) is 6.34. The molecular weight excluding hydrogens is 296 g/mol. The zero-order valence-electron chi connectivity index (χ0n) is 10.3. The Bertz CT molecular complexity index is 452. The van der Waals surface area contributed by atoms with Gasteiger partial charge in [-0.3, -0.25) is 9.69 Å². The smallest absolute Gasteiger partial charge is 0.241 e. The normalized spacial score (nSPS) is 20.7. The lowest BCUT2D eigenvalue weighted by molar-refractivity contribution is -0.121. The van der Waals surface area contributed by atoms with Crippen LogP contribution in [-0.2, 0) is 4.79 Å². The van der Waals surface area contributed by atoms with Gasteiger partial charge in [-0.05, 0) is 54.5 Å². The molecule has 0 saturated carbocycles. The lowest BCUT2D eigenvalue weighted by Crippen LogP contribution is -2.44. The number of aromatic nitrogens is 1. The number of piperidine rings is 1. The van der Waals surface area contributed by atoms with Gasteiger partial charge in [0.25, 0.3) is 0 Å². The molecule has 1 unspecified atom stereocenters.